The highest BCUT2D eigenvalue weighted by Crippen LogP contribution is 2.26. The Bertz CT molecular complexity index is 703. The first kappa shape index (κ1) is 15.0. The highest BCUT2D eigenvalue weighted by atomic mass is 16.4. The Balaban J connectivity index is 2.69. The molecule has 1 atom stereocenters. The number of carboxylic acid groups (broad SMARTS) is 1. The number of imidazole rings is 1. The van der Waals surface area contributed by atoms with Crippen LogP contribution in [0, 0.1) is 0 Å². The van der Waals surface area contributed by atoms with Gasteiger partial charge in [0, 0.05) is 13.0 Å². The van der Waals surface area contributed by atoms with Crippen molar-refractivity contribution in [2.24, 2.45) is 0 Å². The first-order chi connectivity index (χ1) is 9.86. The minimum absolute atomic E-state index is 0.112. The molecule has 0 bridgehead atoms. The van der Waals surface area contributed by atoms with Crippen molar-refractivity contribution in [3.05, 3.63) is 29.6 Å². The summed E-state index contributed by atoms with van der Waals surface area (Å²) in [6, 6.07) is 4.37. The van der Waals surface area contributed by atoms with E-state index in [4.69, 9.17) is 5.11 Å². The molecular formula is C15H19N3O3. The molecule has 6 heteroatoms. The van der Waals surface area contributed by atoms with Crippen LogP contribution in [-0.2, 0) is 4.79 Å². The number of nitrogens with one attached hydrogen (secondary N) is 1. The van der Waals surface area contributed by atoms with Gasteiger partial charge in [0.25, 0.3) is 0 Å². The molecular weight excluding hydrogens is 270 g/mol. The molecule has 0 aliphatic heterocycles. The van der Waals surface area contributed by atoms with Gasteiger partial charge in [0.05, 0.1) is 16.6 Å². The number of amides is 1. The van der Waals surface area contributed by atoms with Crippen LogP contribution in [0.4, 0.5) is 0 Å². The number of likely N-dealkylation sites (N-methyl/N-ethyl adjacent to an activating group) is 1. The summed E-state index contributed by atoms with van der Waals surface area (Å²) in [6.45, 7) is 5.79. The molecule has 2 aromatic rings. The fraction of sp³-hybridized carbons (Fsp3) is 0.400. The second-order valence-corrected chi connectivity index (χ2v) is 5.29. The van der Waals surface area contributed by atoms with E-state index in [0.29, 0.717) is 5.52 Å². The van der Waals surface area contributed by atoms with Crippen LogP contribution in [-0.4, -0.2) is 33.6 Å². The number of benzene rings is 1. The number of carboxylic acids is 1. The number of rotatable bonds is 4. The molecule has 0 aliphatic rings. The van der Waals surface area contributed by atoms with Gasteiger partial charge >= 0.3 is 5.97 Å². The fourth-order valence-corrected chi connectivity index (χ4v) is 2.39. The Kier molecular flexibility index (Phi) is 3.97. The van der Waals surface area contributed by atoms with Crippen LogP contribution in [0.3, 0.4) is 0 Å². The van der Waals surface area contributed by atoms with Gasteiger partial charge in [-0.15, -0.1) is 0 Å². The van der Waals surface area contributed by atoms with Crippen molar-refractivity contribution >= 4 is 22.9 Å². The molecule has 0 radical (unpaired) electrons. The Morgan fingerprint density at radius 3 is 2.48 bits per heavy atom. The zero-order valence-corrected chi connectivity index (χ0v) is 12.5. The van der Waals surface area contributed by atoms with Crippen molar-refractivity contribution < 1.29 is 14.7 Å². The molecule has 2 rings (SSSR count). The Labute approximate surface area is 122 Å². The first-order valence-corrected chi connectivity index (χ1v) is 6.83. The molecule has 21 heavy (non-hydrogen) atoms. The smallest absolute Gasteiger partial charge is 0.335 e. The lowest BCUT2D eigenvalue weighted by Crippen LogP contribution is -2.29. The van der Waals surface area contributed by atoms with E-state index in [1.165, 1.54) is 12.1 Å². The van der Waals surface area contributed by atoms with E-state index in [1.54, 1.807) is 20.0 Å². The minimum atomic E-state index is -0.989. The highest BCUT2D eigenvalue weighted by Gasteiger charge is 2.22. The van der Waals surface area contributed by atoms with Gasteiger partial charge in [-0.3, -0.25) is 4.79 Å². The van der Waals surface area contributed by atoms with E-state index in [1.807, 2.05) is 18.4 Å². The van der Waals surface area contributed by atoms with Crippen LogP contribution in [0.2, 0.25) is 0 Å². The fourth-order valence-electron chi connectivity index (χ4n) is 2.39. The van der Waals surface area contributed by atoms with Gasteiger partial charge in [0.1, 0.15) is 11.9 Å². The molecule has 0 aliphatic carbocycles. The maximum Gasteiger partial charge on any atom is 0.335 e. The summed E-state index contributed by atoms with van der Waals surface area (Å²) in [7, 11) is 1.59. The normalized spacial score (nSPS) is 12.6. The molecule has 0 fully saturated rings. The first-order valence-electron chi connectivity index (χ1n) is 6.83. The average Bonchev–Trinajstić information content (AvgIpc) is 2.84. The summed E-state index contributed by atoms with van der Waals surface area (Å²) in [6.07, 6.45) is 0. The van der Waals surface area contributed by atoms with Crippen LogP contribution < -0.4 is 5.32 Å². The maximum atomic E-state index is 12.0. The zero-order chi connectivity index (χ0) is 15.7. The monoisotopic (exact) mass is 289 g/mol. The zero-order valence-electron chi connectivity index (χ0n) is 12.5. The molecule has 112 valence electrons. The standard InChI is InChI=1S/C15H19N3O3/c1-8(2)13-17-11-7-10(15(20)21)5-6-12(11)18(13)9(3)14(19)16-4/h5-9H,1-4H3,(H,16,19)(H,20,21). The van der Waals surface area contributed by atoms with Crippen LogP contribution >= 0.6 is 0 Å². The lowest BCUT2D eigenvalue weighted by molar-refractivity contribution is -0.123. The van der Waals surface area contributed by atoms with Gasteiger partial charge in [-0.1, -0.05) is 13.8 Å². The molecule has 1 aromatic carbocycles. The van der Waals surface area contributed by atoms with Gasteiger partial charge in [-0.05, 0) is 25.1 Å². The summed E-state index contributed by atoms with van der Waals surface area (Å²) in [5.41, 5.74) is 1.55. The van der Waals surface area contributed by atoms with Crippen LogP contribution in [0.1, 0.15) is 48.9 Å². The third-order valence-electron chi connectivity index (χ3n) is 3.49. The summed E-state index contributed by atoms with van der Waals surface area (Å²) in [5, 5.41) is 11.7. The van der Waals surface area contributed by atoms with Gasteiger partial charge in [0.15, 0.2) is 0 Å². The van der Waals surface area contributed by atoms with Gasteiger partial charge < -0.3 is 15.0 Å². The van der Waals surface area contributed by atoms with E-state index < -0.39 is 12.0 Å². The number of carbonyl (C=O) groups is 2. The lowest BCUT2D eigenvalue weighted by Gasteiger charge is -2.17. The van der Waals surface area contributed by atoms with Gasteiger partial charge in [-0.25, -0.2) is 9.78 Å². The van der Waals surface area contributed by atoms with E-state index in [0.717, 1.165) is 11.3 Å². The van der Waals surface area contributed by atoms with E-state index >= 15 is 0 Å². The van der Waals surface area contributed by atoms with Crippen molar-refractivity contribution in [2.45, 2.75) is 32.7 Å². The average molecular weight is 289 g/mol. The summed E-state index contributed by atoms with van der Waals surface area (Å²) in [5.74, 6) is -0.211. The Hall–Kier alpha value is -2.37. The highest BCUT2D eigenvalue weighted by molar-refractivity contribution is 5.93. The number of nitrogens with zero attached hydrogens (tertiary/aromatic N) is 2. The summed E-state index contributed by atoms with van der Waals surface area (Å²) < 4.78 is 1.87. The summed E-state index contributed by atoms with van der Waals surface area (Å²) >= 11 is 0. The van der Waals surface area contributed by atoms with Crippen LogP contribution in [0.25, 0.3) is 11.0 Å². The number of carbonyl (C=O) groups excluding carboxylic acids is 1. The molecule has 1 aromatic heterocycles. The third kappa shape index (κ3) is 2.61. The predicted molar refractivity (Wildman–Crippen MR) is 79.6 cm³/mol. The molecule has 0 saturated heterocycles. The molecule has 1 heterocycles. The second-order valence-electron chi connectivity index (χ2n) is 5.29. The topological polar surface area (TPSA) is 84.2 Å². The SMILES string of the molecule is CNC(=O)C(C)n1c(C(C)C)nc2cc(C(=O)O)ccc21. The van der Waals surface area contributed by atoms with E-state index in [-0.39, 0.29) is 17.4 Å². The van der Waals surface area contributed by atoms with Crippen molar-refractivity contribution in [1.82, 2.24) is 14.9 Å². The number of hydrogen-bond acceptors (Lipinski definition) is 3. The van der Waals surface area contributed by atoms with Crippen molar-refractivity contribution in [1.29, 1.82) is 0 Å². The molecule has 6 nitrogen and oxygen atoms in total. The maximum absolute atomic E-state index is 12.0. The van der Waals surface area contributed by atoms with Crippen molar-refractivity contribution in [2.75, 3.05) is 7.05 Å². The largest absolute Gasteiger partial charge is 0.478 e. The van der Waals surface area contributed by atoms with Crippen LogP contribution in [0.15, 0.2) is 18.2 Å². The van der Waals surface area contributed by atoms with Gasteiger partial charge in [0.2, 0.25) is 5.91 Å². The minimum Gasteiger partial charge on any atom is -0.478 e. The molecule has 1 unspecified atom stereocenters. The molecule has 0 saturated carbocycles. The summed E-state index contributed by atoms with van der Waals surface area (Å²) in [4.78, 5) is 27.5. The van der Waals surface area contributed by atoms with E-state index in [9.17, 15) is 9.59 Å². The van der Waals surface area contributed by atoms with Crippen LogP contribution in [0.5, 0.6) is 0 Å². The number of aromatic nitrogens is 2. The van der Waals surface area contributed by atoms with Crippen molar-refractivity contribution in [3.63, 3.8) is 0 Å². The van der Waals surface area contributed by atoms with Crippen molar-refractivity contribution in [3.8, 4) is 0 Å². The second kappa shape index (κ2) is 5.55. The molecule has 0 spiro atoms. The molecule has 2 N–H and O–H groups in total. The number of aromatic carboxylic acids is 1. The predicted octanol–water partition coefficient (Wildman–Crippen LogP) is 2.16. The molecule has 1 amide bonds. The number of fused-ring (bicyclic) bond motifs is 1. The van der Waals surface area contributed by atoms with E-state index in [2.05, 4.69) is 10.3 Å². The third-order valence-corrected chi connectivity index (χ3v) is 3.49. The Morgan fingerprint density at radius 2 is 1.95 bits per heavy atom. The quantitative estimate of drug-likeness (QED) is 0.903. The lowest BCUT2D eigenvalue weighted by atomic mass is 10.1. The van der Waals surface area contributed by atoms with Gasteiger partial charge in [-0.2, -0.15) is 0 Å². The Morgan fingerprint density at radius 1 is 1.29 bits per heavy atom. The number of hydrogen-bond donors (Lipinski definition) is 2.